The molecule has 2 heterocycles. The van der Waals surface area contributed by atoms with E-state index < -0.39 is 0 Å². The number of piperidine rings is 1. The van der Waals surface area contributed by atoms with Crippen molar-refractivity contribution in [1.29, 1.82) is 0 Å². The molecule has 0 saturated carbocycles. The third kappa shape index (κ3) is 4.90. The molecule has 1 fully saturated rings. The van der Waals surface area contributed by atoms with Crippen LogP contribution in [0.5, 0.6) is 5.88 Å². The van der Waals surface area contributed by atoms with Crippen molar-refractivity contribution in [2.24, 2.45) is 10.9 Å². The summed E-state index contributed by atoms with van der Waals surface area (Å²) in [7, 11) is 1.85. The fourth-order valence-electron chi connectivity index (χ4n) is 2.54. The number of rotatable bonds is 5. The SMILES string of the molecule is CCCOc1ccc(CNC(=NC)N2CCC(C)CC2)cn1. The number of nitrogens with zero attached hydrogens (tertiary/aromatic N) is 3. The molecular formula is C17H28N4O. The zero-order valence-corrected chi connectivity index (χ0v) is 14.0. The van der Waals surface area contributed by atoms with Gasteiger partial charge in [-0.1, -0.05) is 19.9 Å². The molecule has 1 N–H and O–H groups in total. The van der Waals surface area contributed by atoms with E-state index in [4.69, 9.17) is 4.74 Å². The second-order valence-electron chi connectivity index (χ2n) is 5.92. The summed E-state index contributed by atoms with van der Waals surface area (Å²) in [6, 6.07) is 3.98. The van der Waals surface area contributed by atoms with E-state index in [9.17, 15) is 0 Å². The van der Waals surface area contributed by atoms with Gasteiger partial charge in [-0.2, -0.15) is 0 Å². The number of nitrogens with one attached hydrogen (secondary N) is 1. The maximum absolute atomic E-state index is 5.50. The Morgan fingerprint density at radius 3 is 2.77 bits per heavy atom. The maximum atomic E-state index is 5.50. The van der Waals surface area contributed by atoms with Crippen molar-refractivity contribution in [3.8, 4) is 5.88 Å². The Hall–Kier alpha value is -1.78. The highest BCUT2D eigenvalue weighted by Crippen LogP contribution is 2.16. The van der Waals surface area contributed by atoms with Gasteiger partial charge in [0.2, 0.25) is 5.88 Å². The molecule has 0 aromatic carbocycles. The minimum Gasteiger partial charge on any atom is -0.478 e. The minimum absolute atomic E-state index is 0.694. The molecule has 0 atom stereocenters. The fraction of sp³-hybridized carbons (Fsp3) is 0.647. The monoisotopic (exact) mass is 304 g/mol. The molecule has 0 radical (unpaired) electrons. The summed E-state index contributed by atoms with van der Waals surface area (Å²) in [6.45, 7) is 8.03. The van der Waals surface area contributed by atoms with Crippen LogP contribution in [0.2, 0.25) is 0 Å². The Morgan fingerprint density at radius 1 is 1.41 bits per heavy atom. The Bertz CT molecular complexity index is 464. The summed E-state index contributed by atoms with van der Waals surface area (Å²) in [5, 5.41) is 3.43. The molecular weight excluding hydrogens is 276 g/mol. The summed E-state index contributed by atoms with van der Waals surface area (Å²) < 4.78 is 5.50. The lowest BCUT2D eigenvalue weighted by Gasteiger charge is -2.32. The third-order valence-corrected chi connectivity index (χ3v) is 4.00. The van der Waals surface area contributed by atoms with Gasteiger partial charge in [-0.05, 0) is 30.7 Å². The van der Waals surface area contributed by atoms with E-state index in [1.807, 2.05) is 19.3 Å². The Balaban J connectivity index is 1.83. The standard InChI is InChI=1S/C17H28N4O/c1-4-11-22-16-6-5-15(12-19-16)13-20-17(18-3)21-9-7-14(2)8-10-21/h5-6,12,14H,4,7-11,13H2,1-3H3,(H,18,20). The molecule has 1 saturated heterocycles. The van der Waals surface area contributed by atoms with Gasteiger partial charge < -0.3 is 15.0 Å². The maximum Gasteiger partial charge on any atom is 0.213 e. The van der Waals surface area contributed by atoms with Crippen LogP contribution in [0.4, 0.5) is 0 Å². The fourth-order valence-corrected chi connectivity index (χ4v) is 2.54. The van der Waals surface area contributed by atoms with Gasteiger partial charge in [0, 0.05) is 38.9 Å². The smallest absolute Gasteiger partial charge is 0.213 e. The molecule has 122 valence electrons. The molecule has 1 aliphatic heterocycles. The van der Waals surface area contributed by atoms with E-state index >= 15 is 0 Å². The van der Waals surface area contributed by atoms with Crippen molar-refractivity contribution in [2.75, 3.05) is 26.7 Å². The highest BCUT2D eigenvalue weighted by molar-refractivity contribution is 5.79. The van der Waals surface area contributed by atoms with Crippen LogP contribution in [-0.2, 0) is 6.54 Å². The molecule has 5 nitrogen and oxygen atoms in total. The van der Waals surface area contributed by atoms with Crippen molar-refractivity contribution in [1.82, 2.24) is 15.2 Å². The van der Waals surface area contributed by atoms with Crippen molar-refractivity contribution in [3.63, 3.8) is 0 Å². The predicted molar refractivity (Wildman–Crippen MR) is 90.2 cm³/mol. The average molecular weight is 304 g/mol. The molecule has 2 rings (SSSR count). The number of likely N-dealkylation sites (tertiary alicyclic amines) is 1. The topological polar surface area (TPSA) is 49.8 Å². The summed E-state index contributed by atoms with van der Waals surface area (Å²) in [6.07, 6.45) is 5.34. The van der Waals surface area contributed by atoms with Crippen LogP contribution in [0.3, 0.4) is 0 Å². The quantitative estimate of drug-likeness (QED) is 0.671. The van der Waals surface area contributed by atoms with Gasteiger partial charge in [0.1, 0.15) is 0 Å². The van der Waals surface area contributed by atoms with Crippen LogP contribution in [0.25, 0.3) is 0 Å². The molecule has 0 unspecified atom stereocenters. The molecule has 1 aromatic rings. The van der Waals surface area contributed by atoms with E-state index in [0.29, 0.717) is 12.5 Å². The largest absolute Gasteiger partial charge is 0.478 e. The van der Waals surface area contributed by atoms with Crippen molar-refractivity contribution >= 4 is 5.96 Å². The lowest BCUT2D eigenvalue weighted by molar-refractivity contribution is 0.273. The van der Waals surface area contributed by atoms with Gasteiger partial charge in [0.05, 0.1) is 6.61 Å². The van der Waals surface area contributed by atoms with E-state index in [1.165, 1.54) is 12.8 Å². The molecule has 0 amide bonds. The van der Waals surface area contributed by atoms with E-state index in [-0.39, 0.29) is 0 Å². The lowest BCUT2D eigenvalue weighted by atomic mass is 10.00. The van der Waals surface area contributed by atoms with E-state index in [0.717, 1.165) is 43.5 Å². The van der Waals surface area contributed by atoms with Gasteiger partial charge in [0.15, 0.2) is 5.96 Å². The predicted octanol–water partition coefficient (Wildman–Crippen LogP) is 2.68. The highest BCUT2D eigenvalue weighted by atomic mass is 16.5. The second kappa shape index (κ2) is 8.61. The highest BCUT2D eigenvalue weighted by Gasteiger charge is 2.18. The van der Waals surface area contributed by atoms with Gasteiger partial charge in [-0.25, -0.2) is 4.98 Å². The minimum atomic E-state index is 0.694. The van der Waals surface area contributed by atoms with Crippen LogP contribution in [0.15, 0.2) is 23.3 Å². The van der Waals surface area contributed by atoms with Crippen LogP contribution in [0.1, 0.15) is 38.7 Å². The van der Waals surface area contributed by atoms with Crippen molar-refractivity contribution in [3.05, 3.63) is 23.9 Å². The summed E-state index contributed by atoms with van der Waals surface area (Å²) in [5.41, 5.74) is 1.13. The first-order chi connectivity index (χ1) is 10.7. The normalized spacial score (nSPS) is 16.7. The number of hydrogen-bond donors (Lipinski definition) is 1. The number of aliphatic imine (C=N–C) groups is 1. The van der Waals surface area contributed by atoms with Gasteiger partial charge in [-0.3, -0.25) is 4.99 Å². The number of aromatic nitrogens is 1. The Kier molecular flexibility index (Phi) is 6.49. The lowest BCUT2D eigenvalue weighted by Crippen LogP contribution is -2.45. The number of ether oxygens (including phenoxy) is 1. The van der Waals surface area contributed by atoms with Crippen LogP contribution < -0.4 is 10.1 Å². The molecule has 5 heteroatoms. The zero-order valence-electron chi connectivity index (χ0n) is 14.0. The first kappa shape index (κ1) is 16.6. The summed E-state index contributed by atoms with van der Waals surface area (Å²) >= 11 is 0. The van der Waals surface area contributed by atoms with Gasteiger partial charge in [0.25, 0.3) is 0 Å². The molecule has 22 heavy (non-hydrogen) atoms. The number of hydrogen-bond acceptors (Lipinski definition) is 3. The Labute approximate surface area is 133 Å². The van der Waals surface area contributed by atoms with E-state index in [2.05, 4.69) is 40.1 Å². The summed E-state index contributed by atoms with van der Waals surface area (Å²) in [5.74, 6) is 2.51. The first-order valence-corrected chi connectivity index (χ1v) is 8.26. The second-order valence-corrected chi connectivity index (χ2v) is 5.92. The third-order valence-electron chi connectivity index (χ3n) is 4.00. The number of pyridine rings is 1. The zero-order chi connectivity index (χ0) is 15.8. The molecule has 0 bridgehead atoms. The average Bonchev–Trinajstić information content (AvgIpc) is 2.56. The van der Waals surface area contributed by atoms with Gasteiger partial charge in [-0.15, -0.1) is 0 Å². The first-order valence-electron chi connectivity index (χ1n) is 8.26. The van der Waals surface area contributed by atoms with Crippen molar-refractivity contribution in [2.45, 2.75) is 39.7 Å². The molecule has 1 aromatic heterocycles. The molecule has 0 spiro atoms. The number of guanidine groups is 1. The summed E-state index contributed by atoms with van der Waals surface area (Å²) in [4.78, 5) is 11.1. The molecule has 0 aliphatic carbocycles. The van der Waals surface area contributed by atoms with Crippen LogP contribution in [0, 0.1) is 5.92 Å². The van der Waals surface area contributed by atoms with Crippen molar-refractivity contribution < 1.29 is 4.74 Å². The van der Waals surface area contributed by atoms with E-state index in [1.54, 1.807) is 0 Å². The Morgan fingerprint density at radius 2 is 2.18 bits per heavy atom. The van der Waals surface area contributed by atoms with Crippen LogP contribution in [-0.4, -0.2) is 42.6 Å². The molecule has 1 aliphatic rings. The van der Waals surface area contributed by atoms with Crippen LogP contribution >= 0.6 is 0 Å². The van der Waals surface area contributed by atoms with Gasteiger partial charge >= 0.3 is 0 Å².